The van der Waals surface area contributed by atoms with E-state index in [0.29, 0.717) is 24.4 Å². The van der Waals surface area contributed by atoms with Crippen LogP contribution in [0, 0.1) is 11.3 Å². The van der Waals surface area contributed by atoms with Gasteiger partial charge in [-0.2, -0.15) is 10.4 Å². The largest absolute Gasteiger partial charge is 0.495 e. The number of nitrogens with one attached hydrogen (secondary N) is 1. The van der Waals surface area contributed by atoms with E-state index >= 15 is 0 Å². The first kappa shape index (κ1) is 13.1. The molecule has 1 heterocycles. The van der Waals surface area contributed by atoms with Gasteiger partial charge >= 0.3 is 0 Å². The summed E-state index contributed by atoms with van der Waals surface area (Å²) in [5.74, 6) is 1.35. The van der Waals surface area contributed by atoms with E-state index in [1.807, 2.05) is 19.2 Å². The number of hydrogen-bond donors (Lipinski definition) is 1. The Morgan fingerprint density at radius 3 is 2.89 bits per heavy atom. The SMILES string of the molecule is COc1cc(CNCc2ncn(C)n2)ccc1C#N. The number of aromatic nitrogens is 3. The fraction of sp³-hybridized carbons (Fsp3) is 0.308. The molecule has 0 saturated carbocycles. The summed E-state index contributed by atoms with van der Waals surface area (Å²) in [4.78, 5) is 4.13. The highest BCUT2D eigenvalue weighted by Crippen LogP contribution is 2.19. The lowest BCUT2D eigenvalue weighted by molar-refractivity contribution is 0.412. The Morgan fingerprint density at radius 1 is 1.42 bits per heavy atom. The summed E-state index contributed by atoms with van der Waals surface area (Å²) < 4.78 is 6.83. The van der Waals surface area contributed by atoms with Gasteiger partial charge in [0.1, 0.15) is 18.1 Å². The Morgan fingerprint density at radius 2 is 2.26 bits per heavy atom. The molecule has 0 aliphatic rings. The number of methoxy groups -OCH3 is 1. The maximum Gasteiger partial charge on any atom is 0.164 e. The van der Waals surface area contributed by atoms with Crippen LogP contribution in [0.2, 0.25) is 0 Å². The van der Waals surface area contributed by atoms with Crippen molar-refractivity contribution in [1.29, 1.82) is 5.26 Å². The van der Waals surface area contributed by atoms with Gasteiger partial charge in [0.05, 0.1) is 19.2 Å². The molecule has 0 unspecified atom stereocenters. The van der Waals surface area contributed by atoms with Crippen molar-refractivity contribution in [3.05, 3.63) is 41.5 Å². The minimum Gasteiger partial charge on any atom is -0.495 e. The molecular weight excluding hydrogens is 242 g/mol. The Kier molecular flexibility index (Phi) is 4.11. The van der Waals surface area contributed by atoms with Crippen LogP contribution in [-0.2, 0) is 20.1 Å². The van der Waals surface area contributed by atoms with Gasteiger partial charge in [-0.3, -0.25) is 4.68 Å². The van der Waals surface area contributed by atoms with E-state index in [-0.39, 0.29) is 0 Å². The summed E-state index contributed by atoms with van der Waals surface area (Å²) in [5.41, 5.74) is 1.59. The molecular formula is C13H15N5O. The first-order valence-electron chi connectivity index (χ1n) is 5.85. The van der Waals surface area contributed by atoms with Gasteiger partial charge in [-0.1, -0.05) is 6.07 Å². The second kappa shape index (κ2) is 5.98. The smallest absolute Gasteiger partial charge is 0.164 e. The average molecular weight is 257 g/mol. The standard InChI is InChI=1S/C13H15N5O/c1-18-9-16-13(17-18)8-15-7-10-3-4-11(6-14)12(5-10)19-2/h3-5,9,15H,7-8H2,1-2H3. The highest BCUT2D eigenvalue weighted by Gasteiger charge is 2.04. The van der Waals surface area contributed by atoms with Gasteiger partial charge in [0.15, 0.2) is 5.82 Å². The van der Waals surface area contributed by atoms with Crippen molar-refractivity contribution in [3.63, 3.8) is 0 Å². The van der Waals surface area contributed by atoms with Crippen LogP contribution in [-0.4, -0.2) is 21.9 Å². The van der Waals surface area contributed by atoms with Gasteiger partial charge in [-0.05, 0) is 17.7 Å². The van der Waals surface area contributed by atoms with Crippen LogP contribution in [0.1, 0.15) is 17.0 Å². The van der Waals surface area contributed by atoms with Gasteiger partial charge in [0.25, 0.3) is 0 Å². The number of hydrogen-bond acceptors (Lipinski definition) is 5. The molecule has 0 aliphatic heterocycles. The molecule has 0 radical (unpaired) electrons. The highest BCUT2D eigenvalue weighted by atomic mass is 16.5. The zero-order valence-electron chi connectivity index (χ0n) is 10.9. The lowest BCUT2D eigenvalue weighted by Gasteiger charge is -2.06. The molecule has 0 aliphatic carbocycles. The molecule has 19 heavy (non-hydrogen) atoms. The number of nitrogens with zero attached hydrogens (tertiary/aromatic N) is 4. The van der Waals surface area contributed by atoms with Crippen LogP contribution >= 0.6 is 0 Å². The molecule has 98 valence electrons. The minimum absolute atomic E-state index is 0.539. The average Bonchev–Trinajstić information content (AvgIpc) is 2.84. The fourth-order valence-corrected chi connectivity index (χ4v) is 1.72. The molecule has 0 amide bonds. The van der Waals surface area contributed by atoms with E-state index in [1.165, 1.54) is 0 Å². The summed E-state index contributed by atoms with van der Waals surface area (Å²) in [7, 11) is 3.40. The number of nitriles is 1. The zero-order valence-corrected chi connectivity index (χ0v) is 10.9. The van der Waals surface area contributed by atoms with Crippen molar-refractivity contribution in [1.82, 2.24) is 20.1 Å². The van der Waals surface area contributed by atoms with E-state index in [1.54, 1.807) is 24.2 Å². The molecule has 6 heteroatoms. The van der Waals surface area contributed by atoms with Crippen LogP contribution < -0.4 is 10.1 Å². The topological polar surface area (TPSA) is 75.8 Å². The molecule has 2 aromatic rings. The van der Waals surface area contributed by atoms with E-state index in [4.69, 9.17) is 10.00 Å². The second-order valence-corrected chi connectivity index (χ2v) is 4.08. The third kappa shape index (κ3) is 3.30. The van der Waals surface area contributed by atoms with Crippen molar-refractivity contribution >= 4 is 0 Å². The van der Waals surface area contributed by atoms with E-state index in [0.717, 1.165) is 11.4 Å². The summed E-state index contributed by atoms with van der Waals surface area (Å²) >= 11 is 0. The van der Waals surface area contributed by atoms with Crippen LogP contribution in [0.4, 0.5) is 0 Å². The molecule has 0 saturated heterocycles. The molecule has 0 fully saturated rings. The van der Waals surface area contributed by atoms with Gasteiger partial charge in [-0.25, -0.2) is 4.98 Å². The molecule has 0 atom stereocenters. The summed E-state index contributed by atoms with van der Waals surface area (Å²) in [6, 6.07) is 7.61. The monoisotopic (exact) mass is 257 g/mol. The van der Waals surface area contributed by atoms with Crippen molar-refractivity contribution < 1.29 is 4.74 Å². The van der Waals surface area contributed by atoms with Crippen molar-refractivity contribution in [3.8, 4) is 11.8 Å². The normalized spacial score (nSPS) is 10.2. The van der Waals surface area contributed by atoms with Gasteiger partial charge < -0.3 is 10.1 Å². The molecule has 1 aromatic carbocycles. The summed E-state index contributed by atoms with van der Waals surface area (Å²) in [6.07, 6.45) is 1.67. The third-order valence-electron chi connectivity index (χ3n) is 2.65. The minimum atomic E-state index is 0.539. The lowest BCUT2D eigenvalue weighted by Crippen LogP contribution is -2.14. The van der Waals surface area contributed by atoms with Crippen LogP contribution in [0.5, 0.6) is 5.75 Å². The van der Waals surface area contributed by atoms with Crippen molar-refractivity contribution in [2.75, 3.05) is 7.11 Å². The van der Waals surface area contributed by atoms with Crippen LogP contribution in [0.15, 0.2) is 24.5 Å². The Hall–Kier alpha value is -2.39. The third-order valence-corrected chi connectivity index (χ3v) is 2.65. The fourth-order valence-electron chi connectivity index (χ4n) is 1.72. The molecule has 0 bridgehead atoms. The Labute approximate surface area is 111 Å². The van der Waals surface area contributed by atoms with Gasteiger partial charge in [0, 0.05) is 13.6 Å². The predicted octanol–water partition coefficient (Wildman–Crippen LogP) is 0.985. The molecule has 6 nitrogen and oxygen atoms in total. The quantitative estimate of drug-likeness (QED) is 0.864. The van der Waals surface area contributed by atoms with Crippen molar-refractivity contribution in [2.24, 2.45) is 7.05 Å². The number of aryl methyl sites for hydroxylation is 1. The first-order valence-corrected chi connectivity index (χ1v) is 5.85. The van der Waals surface area contributed by atoms with Crippen LogP contribution in [0.25, 0.3) is 0 Å². The van der Waals surface area contributed by atoms with E-state index in [2.05, 4.69) is 21.5 Å². The van der Waals surface area contributed by atoms with Crippen molar-refractivity contribution in [2.45, 2.75) is 13.1 Å². The predicted molar refractivity (Wildman–Crippen MR) is 69.3 cm³/mol. The Bertz CT molecular complexity index is 599. The van der Waals surface area contributed by atoms with E-state index < -0.39 is 0 Å². The molecule has 0 spiro atoms. The zero-order chi connectivity index (χ0) is 13.7. The van der Waals surface area contributed by atoms with Gasteiger partial charge in [-0.15, -0.1) is 0 Å². The molecule has 1 aromatic heterocycles. The number of benzene rings is 1. The molecule has 2 rings (SSSR count). The summed E-state index contributed by atoms with van der Waals surface area (Å²) in [5, 5.41) is 16.3. The second-order valence-electron chi connectivity index (χ2n) is 4.08. The number of ether oxygens (including phenoxy) is 1. The van der Waals surface area contributed by atoms with E-state index in [9.17, 15) is 0 Å². The maximum atomic E-state index is 8.90. The summed E-state index contributed by atoms with van der Waals surface area (Å²) in [6.45, 7) is 1.27. The number of rotatable bonds is 5. The molecule has 1 N–H and O–H groups in total. The maximum absolute atomic E-state index is 8.90. The lowest BCUT2D eigenvalue weighted by atomic mass is 10.1. The Balaban J connectivity index is 1.94. The van der Waals surface area contributed by atoms with Crippen LogP contribution in [0.3, 0.4) is 0 Å². The first-order chi connectivity index (χ1) is 9.22. The van der Waals surface area contributed by atoms with Gasteiger partial charge in [0.2, 0.25) is 0 Å². The highest BCUT2D eigenvalue weighted by molar-refractivity contribution is 5.45.